The lowest BCUT2D eigenvalue weighted by Crippen LogP contribution is -2.60. The van der Waals surface area contributed by atoms with Gasteiger partial charge in [0.2, 0.25) is 0 Å². The van der Waals surface area contributed by atoms with E-state index in [4.69, 9.17) is 9.47 Å². The van der Waals surface area contributed by atoms with Crippen LogP contribution in [0.3, 0.4) is 0 Å². The molecular weight excluding hydrogens is 470 g/mol. The lowest BCUT2D eigenvalue weighted by atomic mass is 9.44. The summed E-state index contributed by atoms with van der Waals surface area (Å²) in [6.07, 6.45) is 5.80. The Bertz CT molecular complexity index is 927. The van der Waals surface area contributed by atoms with E-state index >= 15 is 0 Å². The fourth-order valence-electron chi connectivity index (χ4n) is 9.12. The first-order chi connectivity index (χ1) is 17.6. The Hall–Kier alpha value is -1.60. The van der Waals surface area contributed by atoms with Crippen LogP contribution >= 0.6 is 0 Å². The summed E-state index contributed by atoms with van der Waals surface area (Å²) in [5.41, 5.74) is -0.581. The first-order valence-corrected chi connectivity index (χ1v) is 14.7. The van der Waals surface area contributed by atoms with E-state index in [0.29, 0.717) is 56.7 Å². The molecule has 0 amide bonds. The number of Topliss-reactive ketones (excluding diaryl/α,β-unsaturated/α-hetero) is 3. The molecule has 4 aliphatic carbocycles. The molecule has 0 aromatic carbocycles. The van der Waals surface area contributed by atoms with Crippen LogP contribution in [0.5, 0.6) is 0 Å². The first kappa shape index (κ1) is 27.0. The molecule has 5 aliphatic rings. The molecule has 1 heterocycles. The van der Waals surface area contributed by atoms with E-state index in [1.165, 1.54) is 0 Å². The molecule has 0 radical (unpaired) electrons. The predicted octanol–water partition coefficient (Wildman–Crippen LogP) is 3.86. The fourth-order valence-corrected chi connectivity index (χ4v) is 9.12. The van der Waals surface area contributed by atoms with Crippen LogP contribution in [0.25, 0.3) is 0 Å². The minimum absolute atomic E-state index is 0.0560. The number of fused-ring (bicyclic) bond motifs is 5. The van der Waals surface area contributed by atoms with Crippen molar-refractivity contribution in [2.75, 3.05) is 39.5 Å². The topological polar surface area (TPSA) is 90.0 Å². The first-order valence-electron chi connectivity index (χ1n) is 14.7. The molecule has 8 atom stereocenters. The Balaban J connectivity index is 1.20. The van der Waals surface area contributed by atoms with Gasteiger partial charge in [0.1, 0.15) is 24.0 Å². The van der Waals surface area contributed by atoms with Crippen molar-refractivity contribution < 1.29 is 28.7 Å². The van der Waals surface area contributed by atoms with Gasteiger partial charge in [-0.15, -0.1) is 0 Å². The van der Waals surface area contributed by atoms with Gasteiger partial charge in [0.15, 0.2) is 0 Å². The molecule has 206 valence electrons. The van der Waals surface area contributed by atoms with Gasteiger partial charge >= 0.3 is 5.97 Å². The second-order valence-corrected chi connectivity index (χ2v) is 13.1. The number of ether oxygens (including phenoxy) is 2. The van der Waals surface area contributed by atoms with Gasteiger partial charge in [0.05, 0.1) is 13.2 Å². The van der Waals surface area contributed by atoms with Crippen molar-refractivity contribution in [3.63, 3.8) is 0 Å². The van der Waals surface area contributed by atoms with Gasteiger partial charge < -0.3 is 9.47 Å². The molecule has 0 aromatic rings. The van der Waals surface area contributed by atoms with E-state index < -0.39 is 5.41 Å². The van der Waals surface area contributed by atoms with E-state index in [9.17, 15) is 19.2 Å². The molecule has 0 bridgehead atoms. The molecule has 0 aromatic heterocycles. The molecule has 37 heavy (non-hydrogen) atoms. The molecule has 1 aliphatic heterocycles. The minimum Gasteiger partial charge on any atom is -0.464 e. The van der Waals surface area contributed by atoms with Crippen LogP contribution in [-0.2, 0) is 28.7 Å². The largest absolute Gasteiger partial charge is 0.464 e. The lowest BCUT2D eigenvalue weighted by molar-refractivity contribution is -0.166. The zero-order valence-corrected chi connectivity index (χ0v) is 23.0. The summed E-state index contributed by atoms with van der Waals surface area (Å²) in [5.74, 6) is 1.34. The van der Waals surface area contributed by atoms with Crippen molar-refractivity contribution >= 4 is 23.3 Å². The van der Waals surface area contributed by atoms with Crippen molar-refractivity contribution in [3.8, 4) is 0 Å². The summed E-state index contributed by atoms with van der Waals surface area (Å²) < 4.78 is 10.9. The van der Waals surface area contributed by atoms with Crippen molar-refractivity contribution in [1.82, 2.24) is 4.90 Å². The maximum atomic E-state index is 13.9. The van der Waals surface area contributed by atoms with Crippen LogP contribution in [0.4, 0.5) is 0 Å². The Morgan fingerprint density at radius 3 is 2.59 bits per heavy atom. The average molecular weight is 516 g/mol. The van der Waals surface area contributed by atoms with Gasteiger partial charge in [-0.05, 0) is 60.7 Å². The van der Waals surface area contributed by atoms with Gasteiger partial charge in [0, 0.05) is 63.1 Å². The molecule has 7 nitrogen and oxygen atoms in total. The van der Waals surface area contributed by atoms with E-state index in [0.717, 1.165) is 52.1 Å². The lowest BCUT2D eigenvalue weighted by Gasteiger charge is -2.58. The second kappa shape index (κ2) is 10.5. The zero-order valence-electron chi connectivity index (χ0n) is 23.0. The molecular formula is C30H45NO6. The second-order valence-electron chi connectivity index (χ2n) is 13.1. The Labute approximate surface area is 221 Å². The van der Waals surface area contributed by atoms with Crippen molar-refractivity contribution in [1.29, 1.82) is 0 Å². The number of rotatable bonds is 7. The smallest absolute Gasteiger partial charge is 0.305 e. The Morgan fingerprint density at radius 1 is 1.08 bits per heavy atom. The highest BCUT2D eigenvalue weighted by Crippen LogP contribution is 2.66. The summed E-state index contributed by atoms with van der Waals surface area (Å²) in [4.78, 5) is 54.3. The van der Waals surface area contributed by atoms with Crippen LogP contribution in [0, 0.1) is 46.3 Å². The van der Waals surface area contributed by atoms with E-state index in [-0.39, 0.29) is 52.7 Å². The third kappa shape index (κ3) is 4.84. The van der Waals surface area contributed by atoms with Gasteiger partial charge in [-0.2, -0.15) is 0 Å². The van der Waals surface area contributed by atoms with Crippen LogP contribution < -0.4 is 0 Å². The fraction of sp³-hybridized carbons (Fsp3) is 0.867. The minimum atomic E-state index is -0.496. The van der Waals surface area contributed by atoms with Crippen molar-refractivity contribution in [2.45, 2.75) is 78.6 Å². The molecule has 5 rings (SSSR count). The van der Waals surface area contributed by atoms with E-state index in [1.54, 1.807) is 0 Å². The van der Waals surface area contributed by atoms with Gasteiger partial charge in [-0.3, -0.25) is 24.1 Å². The van der Waals surface area contributed by atoms with Gasteiger partial charge in [-0.25, -0.2) is 0 Å². The zero-order chi connectivity index (χ0) is 26.4. The van der Waals surface area contributed by atoms with E-state index in [2.05, 4.69) is 25.7 Å². The van der Waals surface area contributed by atoms with Crippen LogP contribution in [0.15, 0.2) is 0 Å². The van der Waals surface area contributed by atoms with Crippen molar-refractivity contribution in [2.24, 2.45) is 46.3 Å². The van der Waals surface area contributed by atoms with Gasteiger partial charge in [0.25, 0.3) is 0 Å². The molecule has 0 N–H and O–H groups in total. The standard InChI is InChI=1S/C30H45NO6/c1-19(4-7-27(35)37-15-12-31-10-13-36-14-11-31)22-5-6-23-28-24(18-26(34)30(22,23)3)29(2)9-8-21(32)16-20(29)17-25(28)33/h19-20,22-24,28H,4-18H2,1-3H3/t19?,20-,22?,23+,24+,28+,29+,30-/m1/s1. The number of carbonyl (C=O) groups excluding carboxylic acids is 4. The molecule has 4 saturated carbocycles. The average Bonchev–Trinajstić information content (AvgIpc) is 3.23. The molecule has 0 spiro atoms. The normalized spacial score (nSPS) is 41.1. The number of carbonyl (C=O) groups is 4. The van der Waals surface area contributed by atoms with E-state index in [1.807, 2.05) is 0 Å². The van der Waals surface area contributed by atoms with Gasteiger partial charge in [-0.1, -0.05) is 20.8 Å². The van der Waals surface area contributed by atoms with Crippen LogP contribution in [0.2, 0.25) is 0 Å². The number of hydrogen-bond acceptors (Lipinski definition) is 7. The highest BCUT2D eigenvalue weighted by atomic mass is 16.5. The highest BCUT2D eigenvalue weighted by molar-refractivity contribution is 5.93. The molecule has 1 saturated heterocycles. The number of morpholine rings is 1. The third-order valence-corrected chi connectivity index (χ3v) is 11.5. The molecule has 7 heteroatoms. The predicted molar refractivity (Wildman–Crippen MR) is 138 cm³/mol. The Kier molecular flexibility index (Phi) is 7.67. The maximum absolute atomic E-state index is 13.9. The highest BCUT2D eigenvalue weighted by Gasteiger charge is 2.66. The van der Waals surface area contributed by atoms with Crippen molar-refractivity contribution in [3.05, 3.63) is 0 Å². The molecule has 5 fully saturated rings. The number of nitrogens with zero attached hydrogens (tertiary/aromatic N) is 1. The summed E-state index contributed by atoms with van der Waals surface area (Å²) in [6.45, 7) is 10.9. The SMILES string of the molecule is CC(CCC(=O)OCCN1CCOCC1)C1CC[C@H]2[C@@H]3C(=O)C[C@H]4CC(=O)CC[C@]4(C)[C@H]3CC(=O)[C@]12C. The van der Waals surface area contributed by atoms with Crippen LogP contribution in [-0.4, -0.2) is 67.7 Å². The summed E-state index contributed by atoms with van der Waals surface area (Å²) >= 11 is 0. The number of hydrogen-bond donors (Lipinski definition) is 0. The third-order valence-electron chi connectivity index (χ3n) is 11.5. The quantitative estimate of drug-likeness (QED) is 0.476. The summed E-state index contributed by atoms with van der Waals surface area (Å²) in [5, 5.41) is 0. The summed E-state index contributed by atoms with van der Waals surface area (Å²) in [7, 11) is 0. The number of ketones is 3. The monoisotopic (exact) mass is 515 g/mol. The van der Waals surface area contributed by atoms with Crippen LogP contribution in [0.1, 0.15) is 78.6 Å². The molecule has 2 unspecified atom stereocenters. The maximum Gasteiger partial charge on any atom is 0.305 e. The number of esters is 1. The summed E-state index contributed by atoms with van der Waals surface area (Å²) in [6, 6.07) is 0. The Morgan fingerprint density at radius 2 is 1.84 bits per heavy atom.